The predicted octanol–water partition coefficient (Wildman–Crippen LogP) is 2.01. The van der Waals surface area contributed by atoms with E-state index in [0.29, 0.717) is 0 Å². The first kappa shape index (κ1) is 11.3. The van der Waals surface area contributed by atoms with Crippen LogP contribution in [0.15, 0.2) is 12.3 Å². The number of hydrogen-bond acceptors (Lipinski definition) is 3. The second-order valence-corrected chi connectivity index (χ2v) is 4.10. The summed E-state index contributed by atoms with van der Waals surface area (Å²) in [7, 11) is 0. The Bertz CT molecular complexity index is 365. The van der Waals surface area contributed by atoms with Crippen LogP contribution in [0.25, 0.3) is 0 Å². The Morgan fingerprint density at radius 1 is 1.25 bits per heavy atom. The molecule has 3 nitrogen and oxygen atoms in total. The highest BCUT2D eigenvalue weighted by atomic mass is 19.1. The summed E-state index contributed by atoms with van der Waals surface area (Å²) in [4.78, 5) is 3.59. The molecular weight excluding hydrogens is 214 g/mol. The van der Waals surface area contributed by atoms with Gasteiger partial charge in [0.2, 0.25) is 0 Å². The molecule has 0 atom stereocenters. The fraction of sp³-hybridized carbons (Fsp3) is 0.545. The Morgan fingerprint density at radius 2 is 1.94 bits per heavy atom. The highest BCUT2D eigenvalue weighted by Crippen LogP contribution is 2.23. The van der Waals surface area contributed by atoms with Crippen molar-refractivity contribution in [1.29, 1.82) is 0 Å². The predicted molar refractivity (Wildman–Crippen MR) is 55.0 cm³/mol. The number of rotatable bonds is 2. The molecule has 88 valence electrons. The Labute approximate surface area is 92.6 Å². The average Bonchev–Trinajstić information content (AvgIpc) is 2.25. The average molecular weight is 228 g/mol. The fourth-order valence-electron chi connectivity index (χ4n) is 1.85. The van der Waals surface area contributed by atoms with Gasteiger partial charge >= 0.3 is 0 Å². The van der Waals surface area contributed by atoms with E-state index in [1.54, 1.807) is 0 Å². The van der Waals surface area contributed by atoms with Gasteiger partial charge in [-0.05, 0) is 25.7 Å². The second-order valence-electron chi connectivity index (χ2n) is 4.10. The molecule has 5 heteroatoms. The number of halogens is 2. The number of hydrogen-bond donors (Lipinski definition) is 1. The van der Waals surface area contributed by atoms with Crippen LogP contribution in [0.3, 0.4) is 0 Å². The van der Waals surface area contributed by atoms with Crippen molar-refractivity contribution >= 4 is 0 Å². The van der Waals surface area contributed by atoms with Crippen molar-refractivity contribution in [2.75, 3.05) is 0 Å². The molecule has 1 heterocycles. The van der Waals surface area contributed by atoms with Crippen molar-refractivity contribution in [2.45, 2.75) is 37.8 Å². The highest BCUT2D eigenvalue weighted by molar-refractivity contribution is 5.14. The number of ether oxygens (including phenoxy) is 1. The third-order valence-electron chi connectivity index (χ3n) is 2.77. The maximum absolute atomic E-state index is 13.2. The zero-order valence-corrected chi connectivity index (χ0v) is 8.83. The Kier molecular flexibility index (Phi) is 3.33. The van der Waals surface area contributed by atoms with Crippen LogP contribution in [0.5, 0.6) is 5.88 Å². The van der Waals surface area contributed by atoms with E-state index in [1.807, 2.05) is 0 Å². The lowest BCUT2D eigenvalue weighted by atomic mass is 9.94. The van der Waals surface area contributed by atoms with Crippen molar-refractivity contribution in [3.8, 4) is 5.88 Å². The van der Waals surface area contributed by atoms with Gasteiger partial charge in [0, 0.05) is 12.1 Å². The van der Waals surface area contributed by atoms with Crippen LogP contribution < -0.4 is 10.5 Å². The maximum Gasteiger partial charge on any atom is 0.250 e. The third-order valence-corrected chi connectivity index (χ3v) is 2.77. The Hall–Kier alpha value is -1.23. The van der Waals surface area contributed by atoms with E-state index in [0.717, 1.165) is 37.9 Å². The molecule has 0 aliphatic heterocycles. The van der Waals surface area contributed by atoms with E-state index in [4.69, 9.17) is 10.5 Å². The van der Waals surface area contributed by atoms with Gasteiger partial charge in [-0.2, -0.15) is 0 Å². The molecule has 1 saturated carbocycles. The standard InChI is InChI=1S/C11H14F2N2O/c12-7-5-10(13)11(15-6-7)16-9-3-1-8(14)2-4-9/h5-6,8-9H,1-4,14H2. The number of nitrogens with zero attached hydrogens (tertiary/aromatic N) is 1. The quantitative estimate of drug-likeness (QED) is 0.842. The molecule has 0 radical (unpaired) electrons. The fourth-order valence-corrected chi connectivity index (χ4v) is 1.85. The van der Waals surface area contributed by atoms with Crippen LogP contribution >= 0.6 is 0 Å². The van der Waals surface area contributed by atoms with Crippen molar-refractivity contribution in [3.05, 3.63) is 23.9 Å². The molecule has 0 spiro atoms. The summed E-state index contributed by atoms with van der Waals surface area (Å²) in [5, 5.41) is 0. The molecule has 0 amide bonds. The summed E-state index contributed by atoms with van der Waals surface area (Å²) >= 11 is 0. The summed E-state index contributed by atoms with van der Waals surface area (Å²) in [6.45, 7) is 0. The van der Waals surface area contributed by atoms with Gasteiger partial charge < -0.3 is 10.5 Å². The summed E-state index contributed by atoms with van der Waals surface area (Å²) in [6.07, 6.45) is 4.21. The van der Waals surface area contributed by atoms with Gasteiger partial charge in [0.05, 0.1) is 6.20 Å². The Balaban J connectivity index is 1.98. The van der Waals surface area contributed by atoms with Gasteiger partial charge in [-0.3, -0.25) is 0 Å². The molecule has 16 heavy (non-hydrogen) atoms. The molecule has 0 bridgehead atoms. The molecule has 2 rings (SSSR count). The first-order valence-electron chi connectivity index (χ1n) is 5.38. The lowest BCUT2D eigenvalue weighted by Crippen LogP contribution is -2.32. The van der Waals surface area contributed by atoms with Crippen molar-refractivity contribution in [2.24, 2.45) is 5.73 Å². The minimum atomic E-state index is -0.755. The summed E-state index contributed by atoms with van der Waals surface area (Å²) < 4.78 is 31.2. The summed E-state index contributed by atoms with van der Waals surface area (Å²) in [6, 6.07) is 0.988. The van der Waals surface area contributed by atoms with E-state index in [1.165, 1.54) is 0 Å². The van der Waals surface area contributed by atoms with E-state index in [9.17, 15) is 8.78 Å². The molecule has 1 fully saturated rings. The van der Waals surface area contributed by atoms with Crippen LogP contribution in [-0.2, 0) is 0 Å². The summed E-state index contributed by atoms with van der Waals surface area (Å²) in [5.41, 5.74) is 5.75. The highest BCUT2D eigenvalue weighted by Gasteiger charge is 2.21. The van der Waals surface area contributed by atoms with E-state index in [-0.39, 0.29) is 18.0 Å². The van der Waals surface area contributed by atoms with E-state index >= 15 is 0 Å². The van der Waals surface area contributed by atoms with Crippen molar-refractivity contribution < 1.29 is 13.5 Å². The monoisotopic (exact) mass is 228 g/mol. The van der Waals surface area contributed by atoms with Gasteiger partial charge in [0.1, 0.15) is 11.9 Å². The smallest absolute Gasteiger partial charge is 0.250 e. The first-order valence-corrected chi connectivity index (χ1v) is 5.38. The molecule has 0 saturated heterocycles. The van der Waals surface area contributed by atoms with Crippen LogP contribution in [0.1, 0.15) is 25.7 Å². The molecule has 1 aromatic heterocycles. The normalized spacial score (nSPS) is 25.4. The molecule has 0 aromatic carbocycles. The topological polar surface area (TPSA) is 48.1 Å². The zero-order valence-electron chi connectivity index (χ0n) is 8.83. The van der Waals surface area contributed by atoms with E-state index in [2.05, 4.69) is 4.98 Å². The number of nitrogens with two attached hydrogens (primary N) is 1. The van der Waals surface area contributed by atoms with Gasteiger partial charge in [0.15, 0.2) is 5.82 Å². The van der Waals surface area contributed by atoms with Crippen LogP contribution in [0, 0.1) is 11.6 Å². The van der Waals surface area contributed by atoms with Crippen LogP contribution in [0.4, 0.5) is 8.78 Å². The third kappa shape index (κ3) is 2.66. The molecule has 1 aliphatic carbocycles. The maximum atomic E-state index is 13.2. The first-order chi connectivity index (χ1) is 7.65. The molecule has 1 aromatic rings. The van der Waals surface area contributed by atoms with Crippen molar-refractivity contribution in [3.63, 3.8) is 0 Å². The number of pyridine rings is 1. The largest absolute Gasteiger partial charge is 0.472 e. The Morgan fingerprint density at radius 3 is 2.56 bits per heavy atom. The molecule has 0 unspecified atom stereocenters. The molecular formula is C11H14F2N2O. The van der Waals surface area contributed by atoms with Crippen LogP contribution in [0.2, 0.25) is 0 Å². The van der Waals surface area contributed by atoms with Crippen LogP contribution in [-0.4, -0.2) is 17.1 Å². The lowest BCUT2D eigenvalue weighted by Gasteiger charge is -2.26. The molecule has 2 N–H and O–H groups in total. The van der Waals surface area contributed by atoms with Gasteiger partial charge in [-0.25, -0.2) is 13.8 Å². The van der Waals surface area contributed by atoms with Gasteiger partial charge in [0.25, 0.3) is 5.88 Å². The zero-order chi connectivity index (χ0) is 11.5. The lowest BCUT2D eigenvalue weighted by molar-refractivity contribution is 0.134. The van der Waals surface area contributed by atoms with E-state index < -0.39 is 11.6 Å². The second kappa shape index (κ2) is 4.74. The minimum absolute atomic E-state index is 0.0627. The SMILES string of the molecule is NC1CCC(Oc2ncc(F)cc2F)CC1. The number of aromatic nitrogens is 1. The van der Waals surface area contributed by atoms with Crippen molar-refractivity contribution in [1.82, 2.24) is 4.98 Å². The molecule has 1 aliphatic rings. The minimum Gasteiger partial charge on any atom is -0.472 e. The van der Waals surface area contributed by atoms with Gasteiger partial charge in [-0.1, -0.05) is 0 Å². The van der Waals surface area contributed by atoms with Gasteiger partial charge in [-0.15, -0.1) is 0 Å². The summed E-state index contributed by atoms with van der Waals surface area (Å²) in [5.74, 6) is -1.58.